The Balaban J connectivity index is 1.78. The lowest BCUT2D eigenvalue weighted by Crippen LogP contribution is -2.53. The van der Waals surface area contributed by atoms with Gasteiger partial charge in [-0.2, -0.15) is 0 Å². The standard InChI is InChI=1S/C31H29F2N3O4S/c1-34-31(38)29(20-23-10-4-2-5-11-23)35(21-24-12-8-9-15-28(24)33)30(37)22-36(26-13-6-3-7-14-26)41(39,40)27-18-16-25(32)17-19-27/h2-19,29H,20-22H2,1H3,(H,34,38). The van der Waals surface area contributed by atoms with Gasteiger partial charge in [-0.25, -0.2) is 17.2 Å². The summed E-state index contributed by atoms with van der Waals surface area (Å²) in [5, 5.41) is 2.57. The highest BCUT2D eigenvalue weighted by atomic mass is 32.2. The van der Waals surface area contributed by atoms with Gasteiger partial charge in [0, 0.05) is 25.6 Å². The van der Waals surface area contributed by atoms with Crippen LogP contribution in [0.4, 0.5) is 14.5 Å². The number of carbonyl (C=O) groups is 2. The number of halogens is 2. The van der Waals surface area contributed by atoms with Crippen molar-refractivity contribution in [3.63, 3.8) is 0 Å². The van der Waals surface area contributed by atoms with Crippen molar-refractivity contribution in [2.24, 2.45) is 0 Å². The van der Waals surface area contributed by atoms with Gasteiger partial charge in [0.25, 0.3) is 10.0 Å². The summed E-state index contributed by atoms with van der Waals surface area (Å²) < 4.78 is 56.8. The van der Waals surface area contributed by atoms with E-state index in [0.29, 0.717) is 0 Å². The molecule has 1 atom stereocenters. The number of carbonyl (C=O) groups excluding carboxylic acids is 2. The molecule has 7 nitrogen and oxygen atoms in total. The number of anilines is 1. The van der Waals surface area contributed by atoms with E-state index in [0.717, 1.165) is 34.1 Å². The third-order valence-electron chi connectivity index (χ3n) is 6.54. The van der Waals surface area contributed by atoms with Crippen molar-refractivity contribution < 1.29 is 26.8 Å². The summed E-state index contributed by atoms with van der Waals surface area (Å²) in [6.07, 6.45) is 0.108. The molecule has 1 unspecified atom stereocenters. The fourth-order valence-corrected chi connectivity index (χ4v) is 5.80. The third kappa shape index (κ3) is 7.15. The summed E-state index contributed by atoms with van der Waals surface area (Å²) in [6.45, 7) is -0.976. The molecule has 0 heterocycles. The van der Waals surface area contributed by atoms with Gasteiger partial charge in [-0.15, -0.1) is 0 Å². The van der Waals surface area contributed by atoms with Crippen molar-refractivity contribution in [3.05, 3.63) is 132 Å². The Hall–Kier alpha value is -4.57. The molecule has 4 aromatic rings. The minimum absolute atomic E-state index is 0.108. The number of sulfonamides is 1. The highest BCUT2D eigenvalue weighted by Gasteiger charge is 2.34. The van der Waals surface area contributed by atoms with Gasteiger partial charge >= 0.3 is 0 Å². The Bertz CT molecular complexity index is 1580. The van der Waals surface area contributed by atoms with Gasteiger partial charge in [-0.05, 0) is 48.0 Å². The molecule has 0 aromatic heterocycles. The number of hydrogen-bond acceptors (Lipinski definition) is 4. The maximum absolute atomic E-state index is 14.8. The Morgan fingerprint density at radius 3 is 2.00 bits per heavy atom. The quantitative estimate of drug-likeness (QED) is 0.284. The van der Waals surface area contributed by atoms with Crippen molar-refractivity contribution in [1.82, 2.24) is 10.2 Å². The third-order valence-corrected chi connectivity index (χ3v) is 8.33. The molecule has 10 heteroatoms. The molecule has 4 rings (SSSR count). The first kappa shape index (κ1) is 29.4. The lowest BCUT2D eigenvalue weighted by molar-refractivity contribution is -0.139. The second-order valence-electron chi connectivity index (χ2n) is 9.23. The molecular weight excluding hydrogens is 548 g/mol. The summed E-state index contributed by atoms with van der Waals surface area (Å²) in [7, 11) is -2.91. The van der Waals surface area contributed by atoms with Crippen molar-refractivity contribution in [1.29, 1.82) is 0 Å². The van der Waals surface area contributed by atoms with Crippen LogP contribution in [0, 0.1) is 11.6 Å². The van der Waals surface area contributed by atoms with Gasteiger partial charge in [-0.1, -0.05) is 66.7 Å². The number of rotatable bonds is 11. The predicted molar refractivity (Wildman–Crippen MR) is 152 cm³/mol. The fraction of sp³-hybridized carbons (Fsp3) is 0.161. The van der Waals surface area contributed by atoms with E-state index in [2.05, 4.69) is 5.32 Å². The highest BCUT2D eigenvalue weighted by molar-refractivity contribution is 7.92. The van der Waals surface area contributed by atoms with Crippen LogP contribution in [0.15, 0.2) is 114 Å². The number of likely N-dealkylation sites (N-methyl/N-ethyl adjacent to an activating group) is 1. The molecule has 0 radical (unpaired) electrons. The first-order chi connectivity index (χ1) is 19.7. The second kappa shape index (κ2) is 13.2. The molecule has 0 saturated carbocycles. The van der Waals surface area contributed by atoms with Crippen LogP contribution in [0.3, 0.4) is 0 Å². The molecule has 4 aromatic carbocycles. The van der Waals surface area contributed by atoms with E-state index in [1.807, 2.05) is 6.07 Å². The zero-order valence-corrected chi connectivity index (χ0v) is 23.1. The SMILES string of the molecule is CNC(=O)C(Cc1ccccc1)N(Cc1ccccc1F)C(=O)CN(c1ccccc1)S(=O)(=O)c1ccc(F)cc1. The van der Waals surface area contributed by atoms with Crippen molar-refractivity contribution in [2.45, 2.75) is 23.9 Å². The number of nitrogens with zero attached hydrogens (tertiary/aromatic N) is 2. The van der Waals surface area contributed by atoms with E-state index in [1.165, 1.54) is 42.3 Å². The first-order valence-corrected chi connectivity index (χ1v) is 14.3. The normalized spacial score (nSPS) is 11.9. The Morgan fingerprint density at radius 1 is 0.805 bits per heavy atom. The van der Waals surface area contributed by atoms with Crippen LogP contribution in [0.2, 0.25) is 0 Å². The van der Waals surface area contributed by atoms with E-state index in [-0.39, 0.29) is 29.1 Å². The maximum atomic E-state index is 14.8. The van der Waals surface area contributed by atoms with Crippen LogP contribution in [0.1, 0.15) is 11.1 Å². The Kier molecular flexibility index (Phi) is 9.46. The number of para-hydroxylation sites is 1. The number of amides is 2. The molecular formula is C31H29F2N3O4S. The first-order valence-electron chi connectivity index (χ1n) is 12.8. The molecule has 0 aliphatic rings. The molecule has 41 heavy (non-hydrogen) atoms. The molecule has 0 fully saturated rings. The summed E-state index contributed by atoms with van der Waals surface area (Å²) in [5.41, 5.74) is 1.11. The van der Waals surface area contributed by atoms with Crippen LogP contribution in [-0.2, 0) is 32.6 Å². The van der Waals surface area contributed by atoms with Gasteiger partial charge < -0.3 is 10.2 Å². The summed E-state index contributed by atoms with van der Waals surface area (Å²) in [4.78, 5) is 28.2. The van der Waals surface area contributed by atoms with E-state index in [4.69, 9.17) is 0 Å². The second-order valence-corrected chi connectivity index (χ2v) is 11.1. The summed E-state index contributed by atoms with van der Waals surface area (Å²) >= 11 is 0. The fourth-order valence-electron chi connectivity index (χ4n) is 4.39. The molecule has 212 valence electrons. The van der Waals surface area contributed by atoms with Crippen LogP contribution in [-0.4, -0.2) is 44.8 Å². The minimum atomic E-state index is -4.35. The lowest BCUT2D eigenvalue weighted by atomic mass is 10.0. The van der Waals surface area contributed by atoms with Gasteiger partial charge in [-0.3, -0.25) is 13.9 Å². The van der Waals surface area contributed by atoms with Gasteiger partial charge in [0.2, 0.25) is 11.8 Å². The number of benzene rings is 4. The number of hydrogen-bond donors (Lipinski definition) is 1. The Morgan fingerprint density at radius 2 is 1.39 bits per heavy atom. The van der Waals surface area contributed by atoms with Crippen LogP contribution >= 0.6 is 0 Å². The minimum Gasteiger partial charge on any atom is -0.357 e. The van der Waals surface area contributed by atoms with Crippen molar-refractivity contribution in [2.75, 3.05) is 17.9 Å². The molecule has 1 N–H and O–H groups in total. The molecule has 0 saturated heterocycles. The van der Waals surface area contributed by atoms with E-state index < -0.39 is 46.1 Å². The molecule has 0 aliphatic carbocycles. The average molecular weight is 578 g/mol. The summed E-state index contributed by atoms with van der Waals surface area (Å²) in [6, 6.07) is 26.1. The van der Waals surface area contributed by atoms with Crippen molar-refractivity contribution >= 4 is 27.5 Å². The molecule has 0 aliphatic heterocycles. The molecule has 2 amide bonds. The zero-order chi connectivity index (χ0) is 29.4. The average Bonchev–Trinajstić information content (AvgIpc) is 2.99. The molecule has 0 spiro atoms. The summed E-state index contributed by atoms with van der Waals surface area (Å²) in [5.74, 6) is -2.41. The number of nitrogens with one attached hydrogen (secondary N) is 1. The van der Waals surface area contributed by atoms with Crippen molar-refractivity contribution in [3.8, 4) is 0 Å². The lowest BCUT2D eigenvalue weighted by Gasteiger charge is -2.33. The van der Waals surface area contributed by atoms with Crippen LogP contribution in [0.25, 0.3) is 0 Å². The Labute approximate surface area is 238 Å². The van der Waals surface area contributed by atoms with Gasteiger partial charge in [0.05, 0.1) is 10.6 Å². The maximum Gasteiger partial charge on any atom is 0.264 e. The zero-order valence-electron chi connectivity index (χ0n) is 22.3. The van der Waals surface area contributed by atoms with Gasteiger partial charge in [0.1, 0.15) is 24.2 Å². The highest BCUT2D eigenvalue weighted by Crippen LogP contribution is 2.25. The van der Waals surface area contributed by atoms with E-state index >= 15 is 0 Å². The van der Waals surface area contributed by atoms with Crippen LogP contribution < -0.4 is 9.62 Å². The van der Waals surface area contributed by atoms with E-state index in [9.17, 15) is 26.8 Å². The monoisotopic (exact) mass is 577 g/mol. The smallest absolute Gasteiger partial charge is 0.264 e. The van der Waals surface area contributed by atoms with Gasteiger partial charge in [0.15, 0.2) is 0 Å². The van der Waals surface area contributed by atoms with Crippen LogP contribution in [0.5, 0.6) is 0 Å². The molecule has 0 bridgehead atoms. The largest absolute Gasteiger partial charge is 0.357 e. The topological polar surface area (TPSA) is 86.8 Å². The predicted octanol–water partition coefficient (Wildman–Crippen LogP) is 4.55. The van der Waals surface area contributed by atoms with E-state index in [1.54, 1.807) is 48.5 Å².